The maximum atomic E-state index is 5.45. The van der Waals surface area contributed by atoms with Gasteiger partial charge in [0.05, 0.1) is 25.5 Å². The molecule has 0 unspecified atom stereocenters. The summed E-state index contributed by atoms with van der Waals surface area (Å²) < 4.78 is 5.45. The number of nitrogens with zero attached hydrogens (tertiary/aromatic N) is 3. The summed E-state index contributed by atoms with van der Waals surface area (Å²) in [6.45, 7) is 4.04. The molecule has 0 saturated carbocycles. The van der Waals surface area contributed by atoms with E-state index < -0.39 is 0 Å². The number of morpholine rings is 1. The summed E-state index contributed by atoms with van der Waals surface area (Å²) in [5.41, 5.74) is 7.21. The topological polar surface area (TPSA) is 37.7 Å². The zero-order chi connectivity index (χ0) is 18.1. The van der Waals surface area contributed by atoms with Crippen molar-refractivity contribution in [1.29, 1.82) is 0 Å². The first-order chi connectivity index (χ1) is 13.4. The number of anilines is 1. The lowest BCUT2D eigenvalue weighted by molar-refractivity contribution is 0.122. The first-order valence-electron chi connectivity index (χ1n) is 9.41. The molecule has 0 amide bonds. The molecule has 2 aliphatic rings. The number of aliphatic imine (C=N–C) groups is 1. The molecule has 0 bridgehead atoms. The van der Waals surface area contributed by atoms with E-state index in [2.05, 4.69) is 64.5 Å². The third kappa shape index (κ3) is 3.13. The van der Waals surface area contributed by atoms with Crippen LogP contribution < -0.4 is 4.90 Å². The van der Waals surface area contributed by atoms with Crippen molar-refractivity contribution < 1.29 is 4.74 Å². The lowest BCUT2D eigenvalue weighted by atomic mass is 9.96. The van der Waals surface area contributed by atoms with Crippen molar-refractivity contribution in [2.75, 3.05) is 31.2 Å². The first-order valence-corrected chi connectivity index (χ1v) is 9.41. The van der Waals surface area contributed by atoms with Gasteiger partial charge in [-0.25, -0.2) is 4.98 Å². The van der Waals surface area contributed by atoms with Gasteiger partial charge in [0.25, 0.3) is 0 Å². The van der Waals surface area contributed by atoms with Crippen LogP contribution in [0.15, 0.2) is 71.9 Å². The summed E-state index contributed by atoms with van der Waals surface area (Å²) >= 11 is 0. The van der Waals surface area contributed by atoms with Crippen molar-refractivity contribution >= 4 is 11.5 Å². The van der Waals surface area contributed by atoms with E-state index in [1.54, 1.807) is 0 Å². The molecule has 2 aliphatic heterocycles. The molecule has 1 fully saturated rings. The highest BCUT2D eigenvalue weighted by Gasteiger charge is 2.20. The van der Waals surface area contributed by atoms with Gasteiger partial charge in [0, 0.05) is 30.4 Å². The van der Waals surface area contributed by atoms with Crippen molar-refractivity contribution in [3.63, 3.8) is 0 Å². The Hall–Kier alpha value is -2.98. The summed E-state index contributed by atoms with van der Waals surface area (Å²) in [5, 5.41) is 0. The molecule has 3 heterocycles. The molecule has 2 aromatic carbocycles. The van der Waals surface area contributed by atoms with Gasteiger partial charge in [-0.3, -0.25) is 4.99 Å². The van der Waals surface area contributed by atoms with Gasteiger partial charge >= 0.3 is 0 Å². The largest absolute Gasteiger partial charge is 0.378 e. The maximum absolute atomic E-state index is 5.45. The van der Waals surface area contributed by atoms with E-state index in [1.165, 1.54) is 22.3 Å². The van der Waals surface area contributed by atoms with Crippen LogP contribution >= 0.6 is 0 Å². The highest BCUT2D eigenvalue weighted by atomic mass is 16.5. The van der Waals surface area contributed by atoms with Gasteiger partial charge in [0.1, 0.15) is 5.82 Å². The third-order valence-electron chi connectivity index (χ3n) is 5.23. The van der Waals surface area contributed by atoms with Gasteiger partial charge in [-0.15, -0.1) is 0 Å². The predicted molar refractivity (Wildman–Crippen MR) is 108 cm³/mol. The number of hydrogen-bond acceptors (Lipinski definition) is 4. The Morgan fingerprint density at radius 3 is 2.52 bits per heavy atom. The minimum absolute atomic E-state index is 0.737. The summed E-state index contributed by atoms with van der Waals surface area (Å²) in [4.78, 5) is 11.7. The molecule has 0 spiro atoms. The van der Waals surface area contributed by atoms with Crippen molar-refractivity contribution in [3.8, 4) is 11.1 Å². The molecule has 134 valence electrons. The van der Waals surface area contributed by atoms with E-state index in [-0.39, 0.29) is 0 Å². The molecule has 0 atom stereocenters. The average Bonchev–Trinajstić information content (AvgIpc) is 3.18. The molecule has 5 rings (SSSR count). The molecular formula is C23H21N3O. The SMILES string of the molecule is c1ccc(-c2ccc3c(c2)CN=C3c2ccnc(N3CCOCC3)c2)cc1. The fraction of sp³-hybridized carbons (Fsp3) is 0.217. The van der Waals surface area contributed by atoms with Crippen LogP contribution in [-0.2, 0) is 11.3 Å². The monoisotopic (exact) mass is 355 g/mol. The lowest BCUT2D eigenvalue weighted by Gasteiger charge is -2.28. The Balaban J connectivity index is 1.45. The number of pyridine rings is 1. The minimum atomic E-state index is 0.737. The highest BCUT2D eigenvalue weighted by Crippen LogP contribution is 2.29. The van der Waals surface area contributed by atoms with Crippen molar-refractivity contribution in [2.24, 2.45) is 4.99 Å². The minimum Gasteiger partial charge on any atom is -0.378 e. The van der Waals surface area contributed by atoms with Gasteiger partial charge in [-0.05, 0) is 34.9 Å². The smallest absolute Gasteiger partial charge is 0.129 e. The molecule has 0 radical (unpaired) electrons. The number of benzene rings is 2. The molecule has 27 heavy (non-hydrogen) atoms. The fourth-order valence-corrected chi connectivity index (χ4v) is 3.79. The van der Waals surface area contributed by atoms with Gasteiger partial charge in [0.2, 0.25) is 0 Å². The highest BCUT2D eigenvalue weighted by molar-refractivity contribution is 6.15. The second kappa shape index (κ2) is 6.97. The van der Waals surface area contributed by atoms with Crippen LogP contribution in [0, 0.1) is 0 Å². The van der Waals surface area contributed by atoms with Crippen molar-refractivity contribution in [2.45, 2.75) is 6.54 Å². The van der Waals surface area contributed by atoms with Crippen LogP contribution in [0.3, 0.4) is 0 Å². The zero-order valence-corrected chi connectivity index (χ0v) is 15.1. The number of aromatic nitrogens is 1. The van der Waals surface area contributed by atoms with Crippen LogP contribution in [-0.4, -0.2) is 37.0 Å². The van der Waals surface area contributed by atoms with Crippen molar-refractivity contribution in [1.82, 2.24) is 4.98 Å². The zero-order valence-electron chi connectivity index (χ0n) is 15.1. The number of hydrogen-bond donors (Lipinski definition) is 0. The first kappa shape index (κ1) is 16.2. The molecule has 1 aromatic heterocycles. The van der Waals surface area contributed by atoms with Crippen LogP contribution in [0.2, 0.25) is 0 Å². The van der Waals surface area contributed by atoms with Gasteiger partial charge < -0.3 is 9.64 Å². The Morgan fingerprint density at radius 1 is 0.815 bits per heavy atom. The second-order valence-corrected chi connectivity index (χ2v) is 6.90. The van der Waals surface area contributed by atoms with Gasteiger partial charge in [-0.1, -0.05) is 42.5 Å². The Bertz CT molecular complexity index is 992. The number of fused-ring (bicyclic) bond motifs is 1. The maximum Gasteiger partial charge on any atom is 0.129 e. The van der Waals surface area contributed by atoms with Gasteiger partial charge in [0.15, 0.2) is 0 Å². The lowest BCUT2D eigenvalue weighted by Crippen LogP contribution is -2.36. The van der Waals surface area contributed by atoms with Crippen LogP contribution in [0.5, 0.6) is 0 Å². The van der Waals surface area contributed by atoms with E-state index in [9.17, 15) is 0 Å². The molecular weight excluding hydrogens is 334 g/mol. The van der Waals surface area contributed by atoms with E-state index in [0.717, 1.165) is 49.9 Å². The van der Waals surface area contributed by atoms with Crippen LogP contribution in [0.4, 0.5) is 5.82 Å². The van der Waals surface area contributed by atoms with Gasteiger partial charge in [-0.2, -0.15) is 0 Å². The average molecular weight is 355 g/mol. The normalized spacial score (nSPS) is 16.1. The Labute approximate surface area is 159 Å². The summed E-state index contributed by atoms with van der Waals surface area (Å²) in [5.74, 6) is 1.01. The Kier molecular flexibility index (Phi) is 4.18. The quantitative estimate of drug-likeness (QED) is 0.714. The molecule has 0 N–H and O–H groups in total. The summed E-state index contributed by atoms with van der Waals surface area (Å²) in [6, 6.07) is 21.4. The van der Waals surface area contributed by atoms with Crippen LogP contribution in [0.1, 0.15) is 16.7 Å². The Morgan fingerprint density at radius 2 is 1.67 bits per heavy atom. The molecule has 3 aromatic rings. The predicted octanol–water partition coefficient (Wildman–Crippen LogP) is 3.94. The molecule has 0 aliphatic carbocycles. The fourth-order valence-electron chi connectivity index (χ4n) is 3.79. The number of rotatable bonds is 3. The summed E-state index contributed by atoms with van der Waals surface area (Å²) in [7, 11) is 0. The molecule has 4 heteroatoms. The number of ether oxygens (including phenoxy) is 1. The van der Waals surface area contributed by atoms with Crippen molar-refractivity contribution in [3.05, 3.63) is 83.6 Å². The third-order valence-corrected chi connectivity index (χ3v) is 5.23. The van der Waals surface area contributed by atoms with E-state index in [0.29, 0.717) is 0 Å². The molecule has 4 nitrogen and oxygen atoms in total. The molecule has 1 saturated heterocycles. The van der Waals surface area contributed by atoms with E-state index >= 15 is 0 Å². The summed E-state index contributed by atoms with van der Waals surface area (Å²) in [6.07, 6.45) is 1.89. The van der Waals surface area contributed by atoms with Crippen LogP contribution in [0.25, 0.3) is 11.1 Å². The standard InChI is InChI=1S/C23H21N3O/c1-2-4-17(5-3-1)18-6-7-21-20(14-18)16-25-23(21)19-8-9-24-22(15-19)26-10-12-27-13-11-26/h1-9,14-15H,10-13,16H2. The second-order valence-electron chi connectivity index (χ2n) is 6.90. The van der Waals surface area contributed by atoms with E-state index in [1.807, 2.05) is 12.3 Å². The van der Waals surface area contributed by atoms with E-state index in [4.69, 9.17) is 9.73 Å².